The van der Waals surface area contributed by atoms with Gasteiger partial charge in [-0.25, -0.2) is 0 Å². The number of nitrogens with two attached hydrogens (primary N) is 1. The summed E-state index contributed by atoms with van der Waals surface area (Å²) in [6.45, 7) is 13.6. The maximum absolute atomic E-state index is 6.12. The van der Waals surface area contributed by atoms with Gasteiger partial charge in [-0.05, 0) is 39.0 Å². The second-order valence-electron chi connectivity index (χ2n) is 5.74. The summed E-state index contributed by atoms with van der Waals surface area (Å²) in [5.41, 5.74) is 6.29. The van der Waals surface area contributed by atoms with Gasteiger partial charge in [0, 0.05) is 12.6 Å². The van der Waals surface area contributed by atoms with E-state index in [9.17, 15) is 0 Å². The number of rotatable bonds is 5. The zero-order chi connectivity index (χ0) is 11.4. The van der Waals surface area contributed by atoms with Crippen LogP contribution in [0.5, 0.6) is 0 Å². The molecule has 0 aliphatic rings. The van der Waals surface area contributed by atoms with E-state index in [1.807, 2.05) is 6.92 Å². The maximum atomic E-state index is 6.12. The summed E-state index contributed by atoms with van der Waals surface area (Å²) < 4.78 is 5.63. The van der Waals surface area contributed by atoms with Crippen LogP contribution in [0.25, 0.3) is 0 Å². The highest BCUT2D eigenvalue weighted by Crippen LogP contribution is 2.25. The molecule has 0 fully saturated rings. The van der Waals surface area contributed by atoms with E-state index in [0.29, 0.717) is 5.41 Å². The molecule has 2 heteroatoms. The topological polar surface area (TPSA) is 35.2 Å². The standard InChI is InChI=1S/C12H27NO/c1-7-14-12(5,6)10(13)8-9-11(2,3)4/h10H,7-9,13H2,1-6H3. The third kappa shape index (κ3) is 5.61. The molecule has 0 saturated heterocycles. The van der Waals surface area contributed by atoms with Crippen LogP contribution in [0.3, 0.4) is 0 Å². The molecule has 1 unspecified atom stereocenters. The van der Waals surface area contributed by atoms with Gasteiger partial charge in [0.2, 0.25) is 0 Å². The molecule has 0 heterocycles. The van der Waals surface area contributed by atoms with Gasteiger partial charge >= 0.3 is 0 Å². The highest BCUT2D eigenvalue weighted by Gasteiger charge is 2.27. The van der Waals surface area contributed by atoms with Crippen molar-refractivity contribution in [2.24, 2.45) is 11.1 Å². The van der Waals surface area contributed by atoms with Crippen molar-refractivity contribution < 1.29 is 4.74 Å². The first-order valence-corrected chi connectivity index (χ1v) is 5.58. The van der Waals surface area contributed by atoms with Crippen molar-refractivity contribution >= 4 is 0 Å². The van der Waals surface area contributed by atoms with Gasteiger partial charge in [0.25, 0.3) is 0 Å². The molecule has 0 rings (SSSR count). The molecular weight excluding hydrogens is 174 g/mol. The molecule has 0 aliphatic heterocycles. The van der Waals surface area contributed by atoms with E-state index in [1.54, 1.807) is 0 Å². The van der Waals surface area contributed by atoms with Crippen molar-refractivity contribution in [2.45, 2.75) is 66.0 Å². The maximum Gasteiger partial charge on any atom is 0.0776 e. The molecule has 0 saturated carbocycles. The molecule has 0 aromatic heterocycles. The van der Waals surface area contributed by atoms with Gasteiger partial charge in [-0.2, -0.15) is 0 Å². The van der Waals surface area contributed by atoms with Crippen LogP contribution in [-0.2, 0) is 4.74 Å². The fourth-order valence-electron chi connectivity index (χ4n) is 1.42. The number of hydrogen-bond donors (Lipinski definition) is 1. The Morgan fingerprint density at radius 2 is 1.64 bits per heavy atom. The fourth-order valence-corrected chi connectivity index (χ4v) is 1.42. The number of hydrogen-bond acceptors (Lipinski definition) is 2. The van der Waals surface area contributed by atoms with E-state index in [1.165, 1.54) is 0 Å². The molecule has 14 heavy (non-hydrogen) atoms. The Balaban J connectivity index is 4.00. The Bertz CT molecular complexity index is 158. The van der Waals surface area contributed by atoms with Crippen molar-refractivity contribution in [1.29, 1.82) is 0 Å². The van der Waals surface area contributed by atoms with Gasteiger partial charge in [-0.3, -0.25) is 0 Å². The highest BCUT2D eigenvalue weighted by atomic mass is 16.5. The third-order valence-corrected chi connectivity index (χ3v) is 2.61. The summed E-state index contributed by atoms with van der Waals surface area (Å²) >= 11 is 0. The Hall–Kier alpha value is -0.0800. The summed E-state index contributed by atoms with van der Waals surface area (Å²) in [6.07, 6.45) is 2.17. The van der Waals surface area contributed by atoms with E-state index < -0.39 is 0 Å². The lowest BCUT2D eigenvalue weighted by atomic mass is 9.85. The van der Waals surface area contributed by atoms with Crippen molar-refractivity contribution in [3.63, 3.8) is 0 Å². The van der Waals surface area contributed by atoms with Crippen LogP contribution < -0.4 is 5.73 Å². The lowest BCUT2D eigenvalue weighted by Crippen LogP contribution is -2.45. The first kappa shape index (κ1) is 13.9. The molecule has 0 radical (unpaired) electrons. The molecule has 0 spiro atoms. The molecule has 2 N–H and O–H groups in total. The van der Waals surface area contributed by atoms with Crippen molar-refractivity contribution in [3.05, 3.63) is 0 Å². The van der Waals surface area contributed by atoms with Crippen LogP contribution >= 0.6 is 0 Å². The molecular formula is C12H27NO. The minimum atomic E-state index is -0.194. The third-order valence-electron chi connectivity index (χ3n) is 2.61. The predicted molar refractivity (Wildman–Crippen MR) is 62.4 cm³/mol. The normalized spacial score (nSPS) is 15.6. The molecule has 0 aromatic rings. The summed E-state index contributed by atoms with van der Waals surface area (Å²) in [7, 11) is 0. The Labute approximate surface area is 89.2 Å². The fraction of sp³-hybridized carbons (Fsp3) is 1.00. The highest BCUT2D eigenvalue weighted by molar-refractivity contribution is 4.83. The van der Waals surface area contributed by atoms with Crippen LogP contribution in [0.2, 0.25) is 0 Å². The van der Waals surface area contributed by atoms with E-state index in [-0.39, 0.29) is 11.6 Å². The van der Waals surface area contributed by atoms with Gasteiger partial charge in [0.05, 0.1) is 5.60 Å². The van der Waals surface area contributed by atoms with E-state index >= 15 is 0 Å². The minimum Gasteiger partial charge on any atom is -0.374 e. The Morgan fingerprint density at radius 3 is 2.00 bits per heavy atom. The van der Waals surface area contributed by atoms with Crippen LogP contribution in [-0.4, -0.2) is 18.2 Å². The van der Waals surface area contributed by atoms with Gasteiger partial charge in [-0.1, -0.05) is 20.8 Å². The van der Waals surface area contributed by atoms with Crippen LogP contribution in [0.4, 0.5) is 0 Å². The predicted octanol–water partition coefficient (Wildman–Crippen LogP) is 2.96. The average molecular weight is 201 g/mol. The van der Waals surface area contributed by atoms with Crippen LogP contribution in [0, 0.1) is 5.41 Å². The molecule has 2 nitrogen and oxygen atoms in total. The minimum absolute atomic E-state index is 0.127. The van der Waals surface area contributed by atoms with Crippen molar-refractivity contribution in [2.75, 3.05) is 6.61 Å². The Morgan fingerprint density at radius 1 is 1.14 bits per heavy atom. The molecule has 86 valence electrons. The van der Waals surface area contributed by atoms with E-state index in [2.05, 4.69) is 34.6 Å². The molecule has 0 bridgehead atoms. The lowest BCUT2D eigenvalue weighted by Gasteiger charge is -2.33. The van der Waals surface area contributed by atoms with Crippen molar-refractivity contribution in [1.82, 2.24) is 0 Å². The van der Waals surface area contributed by atoms with Crippen LogP contribution in [0.15, 0.2) is 0 Å². The summed E-state index contributed by atoms with van der Waals surface area (Å²) in [5.74, 6) is 0. The zero-order valence-corrected chi connectivity index (χ0v) is 10.7. The second kappa shape index (κ2) is 5.13. The Kier molecular flexibility index (Phi) is 5.10. The smallest absolute Gasteiger partial charge is 0.0776 e. The quantitative estimate of drug-likeness (QED) is 0.742. The molecule has 0 aromatic carbocycles. The number of ether oxygens (including phenoxy) is 1. The van der Waals surface area contributed by atoms with Gasteiger partial charge in [0.15, 0.2) is 0 Å². The second-order valence-corrected chi connectivity index (χ2v) is 5.74. The van der Waals surface area contributed by atoms with Crippen molar-refractivity contribution in [3.8, 4) is 0 Å². The SMILES string of the molecule is CCOC(C)(C)C(N)CCC(C)(C)C. The monoisotopic (exact) mass is 201 g/mol. The zero-order valence-electron chi connectivity index (χ0n) is 10.7. The van der Waals surface area contributed by atoms with Gasteiger partial charge < -0.3 is 10.5 Å². The molecule has 0 amide bonds. The molecule has 1 atom stereocenters. The van der Waals surface area contributed by atoms with E-state index in [4.69, 9.17) is 10.5 Å². The molecule has 0 aliphatic carbocycles. The van der Waals surface area contributed by atoms with Gasteiger partial charge in [0.1, 0.15) is 0 Å². The van der Waals surface area contributed by atoms with Crippen LogP contribution in [0.1, 0.15) is 54.4 Å². The summed E-state index contributed by atoms with van der Waals surface area (Å²) in [6, 6.07) is 0.127. The van der Waals surface area contributed by atoms with Gasteiger partial charge in [-0.15, -0.1) is 0 Å². The van der Waals surface area contributed by atoms with E-state index in [0.717, 1.165) is 19.4 Å². The first-order valence-electron chi connectivity index (χ1n) is 5.58. The summed E-state index contributed by atoms with van der Waals surface area (Å²) in [4.78, 5) is 0. The largest absolute Gasteiger partial charge is 0.374 e. The lowest BCUT2D eigenvalue weighted by molar-refractivity contribution is -0.0325. The summed E-state index contributed by atoms with van der Waals surface area (Å²) in [5, 5.41) is 0. The average Bonchev–Trinajstić information content (AvgIpc) is 1.98. The first-order chi connectivity index (χ1) is 6.19.